The minimum Gasteiger partial charge on any atom is -0.489 e. The van der Waals surface area contributed by atoms with Crippen LogP contribution in [0.4, 0.5) is 0 Å². The number of carbonyl (C=O) groups excluding carboxylic acids is 1. The molecule has 3 rings (SSSR count). The Hall–Kier alpha value is -1.07. The van der Waals surface area contributed by atoms with Crippen molar-refractivity contribution in [2.75, 3.05) is 19.6 Å². The predicted molar refractivity (Wildman–Crippen MR) is 89.9 cm³/mol. The average Bonchev–Trinajstić information content (AvgIpc) is 3.19. The van der Waals surface area contributed by atoms with E-state index in [1.165, 1.54) is 0 Å². The summed E-state index contributed by atoms with van der Waals surface area (Å²) in [6.45, 7) is 4.63. The molecule has 1 spiro atoms. The molecule has 1 saturated heterocycles. The number of amides is 1. The van der Waals surface area contributed by atoms with Crippen LogP contribution < -0.4 is 15.4 Å². The molecular formula is C17H23BrN2O2. The minimum absolute atomic E-state index is 0.0408. The Kier molecular flexibility index (Phi) is 4.73. The van der Waals surface area contributed by atoms with Gasteiger partial charge in [0.2, 0.25) is 5.91 Å². The number of benzene rings is 1. The van der Waals surface area contributed by atoms with Crippen LogP contribution >= 0.6 is 15.9 Å². The van der Waals surface area contributed by atoms with Crippen LogP contribution in [0, 0.1) is 11.3 Å². The molecule has 2 unspecified atom stereocenters. The molecule has 22 heavy (non-hydrogen) atoms. The molecule has 5 heteroatoms. The second-order valence-electron chi connectivity index (χ2n) is 6.50. The molecule has 2 atom stereocenters. The van der Waals surface area contributed by atoms with Crippen LogP contribution in [0.2, 0.25) is 0 Å². The Morgan fingerprint density at radius 1 is 1.50 bits per heavy atom. The molecule has 1 heterocycles. The molecule has 1 aromatic rings. The first-order chi connectivity index (χ1) is 10.6. The normalized spacial score (nSPS) is 23.8. The molecule has 120 valence electrons. The number of hydrogen-bond acceptors (Lipinski definition) is 3. The van der Waals surface area contributed by atoms with Crippen molar-refractivity contribution in [1.29, 1.82) is 0 Å². The van der Waals surface area contributed by atoms with E-state index in [4.69, 9.17) is 4.74 Å². The van der Waals surface area contributed by atoms with Crippen LogP contribution in [-0.4, -0.2) is 31.6 Å². The topological polar surface area (TPSA) is 50.4 Å². The summed E-state index contributed by atoms with van der Waals surface area (Å²) in [5.74, 6) is 1.23. The van der Waals surface area contributed by atoms with Gasteiger partial charge in [-0.25, -0.2) is 0 Å². The fourth-order valence-electron chi connectivity index (χ4n) is 3.38. The fourth-order valence-corrected chi connectivity index (χ4v) is 3.76. The predicted octanol–water partition coefficient (Wildman–Crippen LogP) is 2.72. The lowest BCUT2D eigenvalue weighted by molar-refractivity contribution is -0.123. The van der Waals surface area contributed by atoms with Gasteiger partial charge in [0.05, 0.1) is 6.54 Å². The highest BCUT2D eigenvalue weighted by Gasteiger charge is 2.57. The Morgan fingerprint density at radius 2 is 2.27 bits per heavy atom. The van der Waals surface area contributed by atoms with Gasteiger partial charge in [-0.1, -0.05) is 22.0 Å². The van der Waals surface area contributed by atoms with E-state index in [2.05, 4.69) is 26.6 Å². The fraction of sp³-hybridized carbons (Fsp3) is 0.588. The second kappa shape index (κ2) is 6.59. The van der Waals surface area contributed by atoms with Gasteiger partial charge >= 0.3 is 0 Å². The van der Waals surface area contributed by atoms with Crippen molar-refractivity contribution >= 4 is 21.8 Å². The van der Waals surface area contributed by atoms with Gasteiger partial charge in [-0.05, 0) is 62.9 Å². The first-order valence-corrected chi connectivity index (χ1v) is 8.79. The molecule has 4 nitrogen and oxygen atoms in total. The maximum Gasteiger partial charge on any atom is 0.223 e. The summed E-state index contributed by atoms with van der Waals surface area (Å²) in [4.78, 5) is 12.3. The maximum absolute atomic E-state index is 12.3. The van der Waals surface area contributed by atoms with E-state index in [0.717, 1.165) is 42.6 Å². The van der Waals surface area contributed by atoms with Crippen molar-refractivity contribution in [3.05, 3.63) is 28.7 Å². The van der Waals surface area contributed by atoms with Gasteiger partial charge in [0.1, 0.15) is 11.9 Å². The first-order valence-electron chi connectivity index (χ1n) is 8.00. The summed E-state index contributed by atoms with van der Waals surface area (Å²) in [5.41, 5.74) is 0.295. The zero-order chi connectivity index (χ0) is 15.6. The smallest absolute Gasteiger partial charge is 0.223 e. The highest BCUT2D eigenvalue weighted by Crippen LogP contribution is 2.58. The monoisotopic (exact) mass is 366 g/mol. The maximum atomic E-state index is 12.3. The van der Waals surface area contributed by atoms with Crippen molar-refractivity contribution in [2.24, 2.45) is 11.3 Å². The minimum atomic E-state index is -0.0408. The highest BCUT2D eigenvalue weighted by atomic mass is 79.9. The van der Waals surface area contributed by atoms with Crippen molar-refractivity contribution < 1.29 is 9.53 Å². The van der Waals surface area contributed by atoms with Gasteiger partial charge in [-0.3, -0.25) is 4.79 Å². The molecule has 1 amide bonds. The van der Waals surface area contributed by atoms with Gasteiger partial charge in [0.25, 0.3) is 0 Å². The Labute approximate surface area is 140 Å². The lowest BCUT2D eigenvalue weighted by Gasteiger charge is -2.23. The zero-order valence-corrected chi connectivity index (χ0v) is 14.5. The number of nitrogens with one attached hydrogen (secondary N) is 2. The van der Waals surface area contributed by atoms with Crippen LogP contribution in [0.3, 0.4) is 0 Å². The Morgan fingerprint density at radius 3 is 3.00 bits per heavy atom. The number of piperidine rings is 1. The standard InChI is InChI=1S/C17H23BrN2O2/c1-12(22-14-4-2-3-13(18)9-14)11-20-16(21)15-10-17(15)5-7-19-8-6-17/h2-4,9,12,15,19H,5-8,10-11H2,1H3,(H,20,21). The van der Waals surface area contributed by atoms with E-state index in [1.54, 1.807) is 0 Å². The van der Waals surface area contributed by atoms with Gasteiger partial charge < -0.3 is 15.4 Å². The van der Waals surface area contributed by atoms with E-state index in [9.17, 15) is 4.79 Å². The molecule has 1 saturated carbocycles. The molecule has 1 aliphatic heterocycles. The molecular weight excluding hydrogens is 344 g/mol. The van der Waals surface area contributed by atoms with E-state index in [-0.39, 0.29) is 17.9 Å². The Balaban J connectivity index is 1.43. The van der Waals surface area contributed by atoms with Crippen molar-refractivity contribution in [3.8, 4) is 5.75 Å². The van der Waals surface area contributed by atoms with Crippen molar-refractivity contribution in [3.63, 3.8) is 0 Å². The summed E-state index contributed by atoms with van der Waals surface area (Å²) in [6.07, 6.45) is 3.28. The molecule has 1 aromatic carbocycles. The highest BCUT2D eigenvalue weighted by molar-refractivity contribution is 9.10. The lowest BCUT2D eigenvalue weighted by atomic mass is 9.92. The summed E-state index contributed by atoms with van der Waals surface area (Å²) in [7, 11) is 0. The van der Waals surface area contributed by atoms with Crippen LogP contribution in [0.1, 0.15) is 26.2 Å². The number of halogens is 1. The zero-order valence-electron chi connectivity index (χ0n) is 12.9. The van der Waals surface area contributed by atoms with E-state index in [0.29, 0.717) is 12.0 Å². The summed E-state index contributed by atoms with van der Waals surface area (Å²) < 4.78 is 6.82. The number of ether oxygens (including phenoxy) is 1. The molecule has 1 aliphatic carbocycles. The number of carbonyl (C=O) groups is 1. The number of rotatable bonds is 5. The molecule has 0 aromatic heterocycles. The van der Waals surface area contributed by atoms with Gasteiger partial charge in [0, 0.05) is 10.4 Å². The number of hydrogen-bond donors (Lipinski definition) is 2. The van der Waals surface area contributed by atoms with E-state index < -0.39 is 0 Å². The third-order valence-corrected chi connectivity index (χ3v) is 5.30. The first kappa shape index (κ1) is 15.8. The average molecular weight is 367 g/mol. The summed E-state index contributed by atoms with van der Waals surface area (Å²) in [5, 5.41) is 6.42. The quantitative estimate of drug-likeness (QED) is 0.842. The molecule has 0 radical (unpaired) electrons. The van der Waals surface area contributed by atoms with Gasteiger partial charge in [-0.2, -0.15) is 0 Å². The van der Waals surface area contributed by atoms with Crippen LogP contribution in [0.5, 0.6) is 5.75 Å². The summed E-state index contributed by atoms with van der Waals surface area (Å²) >= 11 is 3.43. The van der Waals surface area contributed by atoms with Crippen molar-refractivity contribution in [2.45, 2.75) is 32.3 Å². The van der Waals surface area contributed by atoms with Gasteiger partial charge in [0.15, 0.2) is 0 Å². The molecule has 2 aliphatic rings. The van der Waals surface area contributed by atoms with Gasteiger partial charge in [-0.15, -0.1) is 0 Å². The van der Waals surface area contributed by atoms with Crippen LogP contribution in [0.25, 0.3) is 0 Å². The van der Waals surface area contributed by atoms with E-state index >= 15 is 0 Å². The molecule has 2 fully saturated rings. The largest absolute Gasteiger partial charge is 0.489 e. The molecule has 2 N–H and O–H groups in total. The third kappa shape index (κ3) is 3.63. The summed E-state index contributed by atoms with van der Waals surface area (Å²) in [6, 6.07) is 7.76. The second-order valence-corrected chi connectivity index (χ2v) is 7.42. The van der Waals surface area contributed by atoms with E-state index in [1.807, 2.05) is 31.2 Å². The SMILES string of the molecule is CC(CNC(=O)C1CC12CCNCC2)Oc1cccc(Br)c1. The van der Waals surface area contributed by atoms with Crippen LogP contribution in [-0.2, 0) is 4.79 Å². The van der Waals surface area contributed by atoms with Crippen LogP contribution in [0.15, 0.2) is 28.7 Å². The molecule has 0 bridgehead atoms. The lowest BCUT2D eigenvalue weighted by Crippen LogP contribution is -2.37. The van der Waals surface area contributed by atoms with Crippen molar-refractivity contribution in [1.82, 2.24) is 10.6 Å². The Bertz CT molecular complexity index is 543. The third-order valence-electron chi connectivity index (χ3n) is 4.80.